The van der Waals surface area contributed by atoms with E-state index >= 15 is 0 Å². The van der Waals surface area contributed by atoms with Crippen molar-refractivity contribution in [2.45, 2.75) is 5.91 Å². The molecule has 5 nitrogen and oxygen atoms in total. The summed E-state index contributed by atoms with van der Waals surface area (Å²) in [4.78, 5) is 5.58. The molecule has 0 saturated carbocycles. The van der Waals surface area contributed by atoms with E-state index in [9.17, 15) is 10.2 Å². The van der Waals surface area contributed by atoms with Gasteiger partial charge < -0.3 is 20.8 Å². The third-order valence-corrected chi connectivity index (χ3v) is 3.29. The Balaban J connectivity index is 2.41. The predicted octanol–water partition coefficient (Wildman–Crippen LogP) is 0.875. The van der Waals surface area contributed by atoms with Crippen molar-refractivity contribution < 1.29 is 10.2 Å². The fraction of sp³-hybridized carbons (Fsp3) is 0.154. The van der Waals surface area contributed by atoms with Crippen LogP contribution < -0.4 is 10.6 Å². The molecule has 0 saturated heterocycles. The molecule has 92 valence electrons. The van der Waals surface area contributed by atoms with Gasteiger partial charge in [0.1, 0.15) is 0 Å². The van der Waals surface area contributed by atoms with Crippen molar-refractivity contribution in [2.24, 2.45) is 0 Å². The van der Waals surface area contributed by atoms with E-state index in [-0.39, 0.29) is 0 Å². The number of nitrogens with two attached hydrogens (primary N) is 1. The monoisotopic (exact) mass is 243 g/mol. The highest BCUT2D eigenvalue weighted by molar-refractivity contribution is 5.89. The lowest BCUT2D eigenvalue weighted by Crippen LogP contribution is -2.47. The van der Waals surface area contributed by atoms with Crippen LogP contribution in [-0.4, -0.2) is 22.2 Å². The lowest BCUT2D eigenvalue weighted by atomic mass is 9.95. The molecule has 0 bridgehead atoms. The first-order valence-corrected chi connectivity index (χ1v) is 5.56. The Labute approximate surface area is 104 Å². The van der Waals surface area contributed by atoms with Gasteiger partial charge in [-0.05, 0) is 18.2 Å². The molecule has 5 heteroatoms. The first-order chi connectivity index (χ1) is 8.53. The minimum Gasteiger partial charge on any atom is -0.397 e. The maximum atomic E-state index is 10.3. The van der Waals surface area contributed by atoms with Crippen LogP contribution in [0.15, 0.2) is 36.5 Å². The third kappa shape index (κ3) is 1.25. The number of rotatable bonds is 0. The van der Waals surface area contributed by atoms with Crippen LogP contribution in [0.5, 0.6) is 0 Å². The van der Waals surface area contributed by atoms with Gasteiger partial charge in [0, 0.05) is 18.8 Å². The number of aromatic nitrogens is 1. The van der Waals surface area contributed by atoms with Crippen LogP contribution in [0.1, 0.15) is 5.56 Å². The van der Waals surface area contributed by atoms with Gasteiger partial charge in [0.25, 0.3) is 5.91 Å². The molecular formula is C13H13N3O2. The number of hydrogen-bond donors (Lipinski definition) is 3. The Morgan fingerprint density at radius 2 is 2.00 bits per heavy atom. The predicted molar refractivity (Wildman–Crippen MR) is 68.6 cm³/mol. The molecular weight excluding hydrogens is 230 g/mol. The Morgan fingerprint density at radius 1 is 1.22 bits per heavy atom. The van der Waals surface area contributed by atoms with Crippen molar-refractivity contribution in [2.75, 3.05) is 17.7 Å². The summed E-state index contributed by atoms with van der Waals surface area (Å²) < 4.78 is 0. The zero-order chi connectivity index (χ0) is 12.9. The van der Waals surface area contributed by atoms with Crippen LogP contribution in [0.25, 0.3) is 11.3 Å². The van der Waals surface area contributed by atoms with Gasteiger partial charge in [-0.1, -0.05) is 12.1 Å². The topological polar surface area (TPSA) is 82.6 Å². The molecule has 1 aromatic heterocycles. The molecule has 1 aliphatic heterocycles. The molecule has 2 aromatic rings. The summed E-state index contributed by atoms with van der Waals surface area (Å²) in [5.41, 5.74) is 8.68. The molecule has 0 radical (unpaired) electrons. The van der Waals surface area contributed by atoms with E-state index in [0.29, 0.717) is 22.6 Å². The molecule has 3 rings (SSSR count). The Kier molecular flexibility index (Phi) is 2.10. The molecule has 1 aliphatic rings. The SMILES string of the molecule is CN1c2c(N)cccc2-c2ncccc2C1(O)O. The molecule has 0 atom stereocenters. The van der Waals surface area contributed by atoms with Crippen LogP contribution in [0.3, 0.4) is 0 Å². The van der Waals surface area contributed by atoms with Gasteiger partial charge in [0.15, 0.2) is 0 Å². The summed E-state index contributed by atoms with van der Waals surface area (Å²) in [5.74, 6) is -2.11. The summed E-state index contributed by atoms with van der Waals surface area (Å²) in [6.45, 7) is 0. The van der Waals surface area contributed by atoms with Gasteiger partial charge >= 0.3 is 0 Å². The first kappa shape index (κ1) is 11.0. The van der Waals surface area contributed by atoms with Crippen molar-refractivity contribution >= 4 is 11.4 Å². The maximum Gasteiger partial charge on any atom is 0.277 e. The lowest BCUT2D eigenvalue weighted by Gasteiger charge is -2.40. The van der Waals surface area contributed by atoms with Crippen LogP contribution in [-0.2, 0) is 5.91 Å². The number of aliphatic hydroxyl groups is 2. The molecule has 4 N–H and O–H groups in total. The number of hydrogen-bond acceptors (Lipinski definition) is 5. The van der Waals surface area contributed by atoms with Crippen molar-refractivity contribution in [3.8, 4) is 11.3 Å². The van der Waals surface area contributed by atoms with E-state index in [2.05, 4.69) is 4.98 Å². The summed E-state index contributed by atoms with van der Waals surface area (Å²) in [6, 6.07) is 8.72. The standard InChI is InChI=1S/C13H13N3O2/c1-16-12-8(4-2-6-10(12)14)11-9(13(16,17)18)5-3-7-15-11/h2-7,17-18H,14H2,1H3. The number of pyridine rings is 1. The molecule has 0 unspecified atom stereocenters. The summed E-state index contributed by atoms with van der Waals surface area (Å²) in [6.07, 6.45) is 1.62. The summed E-state index contributed by atoms with van der Waals surface area (Å²) >= 11 is 0. The van der Waals surface area contributed by atoms with Gasteiger partial charge in [0.05, 0.1) is 22.6 Å². The largest absolute Gasteiger partial charge is 0.397 e. The minimum atomic E-state index is -2.11. The number of fused-ring (bicyclic) bond motifs is 3. The van der Waals surface area contributed by atoms with Crippen LogP contribution in [0.2, 0.25) is 0 Å². The van der Waals surface area contributed by atoms with Crippen LogP contribution >= 0.6 is 0 Å². The van der Waals surface area contributed by atoms with Crippen molar-refractivity contribution in [1.29, 1.82) is 0 Å². The second-order valence-electron chi connectivity index (χ2n) is 4.34. The number of nitrogen functional groups attached to an aromatic ring is 1. The summed E-state index contributed by atoms with van der Waals surface area (Å²) in [7, 11) is 1.59. The van der Waals surface area contributed by atoms with E-state index in [4.69, 9.17) is 5.73 Å². The normalized spacial score (nSPS) is 16.1. The highest BCUT2D eigenvalue weighted by Crippen LogP contribution is 2.46. The highest BCUT2D eigenvalue weighted by Gasteiger charge is 2.41. The Hall–Kier alpha value is -2.11. The van der Waals surface area contributed by atoms with Crippen molar-refractivity contribution in [3.05, 3.63) is 42.1 Å². The van der Waals surface area contributed by atoms with Gasteiger partial charge in [-0.25, -0.2) is 0 Å². The van der Waals surface area contributed by atoms with Crippen LogP contribution in [0, 0.1) is 0 Å². The number of benzene rings is 1. The smallest absolute Gasteiger partial charge is 0.277 e. The second-order valence-corrected chi connectivity index (χ2v) is 4.34. The highest BCUT2D eigenvalue weighted by atomic mass is 16.5. The van der Waals surface area contributed by atoms with Gasteiger partial charge in [-0.3, -0.25) is 4.98 Å². The van der Waals surface area contributed by atoms with Crippen LogP contribution in [0.4, 0.5) is 11.4 Å². The second kappa shape index (κ2) is 3.44. The lowest BCUT2D eigenvalue weighted by molar-refractivity contribution is -0.167. The molecule has 18 heavy (non-hydrogen) atoms. The zero-order valence-corrected chi connectivity index (χ0v) is 9.83. The van der Waals surface area contributed by atoms with Crippen molar-refractivity contribution in [1.82, 2.24) is 4.98 Å². The molecule has 2 heterocycles. The van der Waals surface area contributed by atoms with E-state index in [1.807, 2.05) is 12.1 Å². The molecule has 0 fully saturated rings. The molecule has 1 aromatic carbocycles. The Bertz CT molecular complexity index is 625. The molecule has 0 spiro atoms. The van der Waals surface area contributed by atoms with E-state index in [1.165, 1.54) is 4.90 Å². The van der Waals surface area contributed by atoms with Crippen molar-refractivity contribution in [3.63, 3.8) is 0 Å². The minimum absolute atomic E-state index is 0.352. The number of para-hydroxylation sites is 1. The third-order valence-electron chi connectivity index (χ3n) is 3.29. The van der Waals surface area contributed by atoms with E-state index < -0.39 is 5.91 Å². The number of anilines is 2. The van der Waals surface area contributed by atoms with Gasteiger partial charge in [0.2, 0.25) is 0 Å². The number of nitrogens with zero attached hydrogens (tertiary/aromatic N) is 2. The quantitative estimate of drug-likeness (QED) is 0.472. The summed E-state index contributed by atoms with van der Waals surface area (Å²) in [5, 5.41) is 20.5. The average Bonchev–Trinajstić information content (AvgIpc) is 2.36. The van der Waals surface area contributed by atoms with Gasteiger partial charge in [-0.15, -0.1) is 0 Å². The maximum absolute atomic E-state index is 10.3. The fourth-order valence-electron chi connectivity index (χ4n) is 2.35. The van der Waals surface area contributed by atoms with E-state index in [0.717, 1.165) is 5.56 Å². The molecule has 0 amide bonds. The fourth-order valence-corrected chi connectivity index (χ4v) is 2.35. The average molecular weight is 243 g/mol. The zero-order valence-electron chi connectivity index (χ0n) is 9.83. The first-order valence-electron chi connectivity index (χ1n) is 5.56. The van der Waals surface area contributed by atoms with Gasteiger partial charge in [-0.2, -0.15) is 0 Å². The van der Waals surface area contributed by atoms with E-state index in [1.54, 1.807) is 31.4 Å². The molecule has 0 aliphatic carbocycles. The Morgan fingerprint density at radius 3 is 2.78 bits per heavy atom.